The van der Waals surface area contributed by atoms with Gasteiger partial charge >= 0.3 is 0 Å². The summed E-state index contributed by atoms with van der Waals surface area (Å²) >= 11 is 0. The van der Waals surface area contributed by atoms with Gasteiger partial charge in [-0.15, -0.1) is 0 Å². The number of hydrogen-bond acceptors (Lipinski definition) is 4. The summed E-state index contributed by atoms with van der Waals surface area (Å²) in [4.78, 5) is 21.4. The standard InChI is InChI=1S/C12H20O4/c1-2-6-9(5-1)11-13-15-12(16-14-11)10-7-3-4-8-10/h9-12H,1-8H2. The molecule has 1 heterocycles. The summed E-state index contributed by atoms with van der Waals surface area (Å²) in [6.45, 7) is 0. The zero-order valence-electron chi connectivity index (χ0n) is 9.60. The molecule has 3 rings (SSSR count). The Hall–Kier alpha value is -0.160. The molecule has 2 saturated carbocycles. The van der Waals surface area contributed by atoms with E-state index in [0.717, 1.165) is 25.7 Å². The minimum Gasteiger partial charge on any atom is -0.198 e. The second-order valence-corrected chi connectivity index (χ2v) is 5.21. The van der Waals surface area contributed by atoms with Crippen molar-refractivity contribution in [3.63, 3.8) is 0 Å². The van der Waals surface area contributed by atoms with E-state index in [-0.39, 0.29) is 12.6 Å². The Morgan fingerprint density at radius 2 is 0.812 bits per heavy atom. The normalized spacial score (nSPS) is 38.2. The van der Waals surface area contributed by atoms with Crippen LogP contribution in [0.2, 0.25) is 0 Å². The van der Waals surface area contributed by atoms with Crippen LogP contribution in [-0.2, 0) is 19.6 Å². The summed E-state index contributed by atoms with van der Waals surface area (Å²) in [5.41, 5.74) is 0. The molecule has 4 heteroatoms. The summed E-state index contributed by atoms with van der Waals surface area (Å²) in [6.07, 6.45) is 9.08. The fourth-order valence-corrected chi connectivity index (χ4v) is 3.02. The summed E-state index contributed by atoms with van der Waals surface area (Å²) in [6, 6.07) is 0. The average molecular weight is 228 g/mol. The molecule has 0 aromatic rings. The molecule has 0 unspecified atom stereocenters. The van der Waals surface area contributed by atoms with E-state index in [0.29, 0.717) is 11.8 Å². The molecule has 0 radical (unpaired) electrons. The van der Waals surface area contributed by atoms with Gasteiger partial charge in [0.05, 0.1) is 0 Å². The van der Waals surface area contributed by atoms with Gasteiger partial charge in [0.2, 0.25) is 12.6 Å². The van der Waals surface area contributed by atoms with Gasteiger partial charge in [-0.1, -0.05) is 25.7 Å². The van der Waals surface area contributed by atoms with Crippen LogP contribution in [0.3, 0.4) is 0 Å². The Labute approximate surface area is 96.0 Å². The number of hydrogen-bond donors (Lipinski definition) is 0. The molecule has 92 valence electrons. The molecular weight excluding hydrogens is 208 g/mol. The second-order valence-electron chi connectivity index (χ2n) is 5.21. The molecule has 0 aromatic carbocycles. The second kappa shape index (κ2) is 5.00. The topological polar surface area (TPSA) is 36.9 Å². The molecule has 0 bridgehead atoms. The first-order valence-electron chi connectivity index (χ1n) is 6.58. The van der Waals surface area contributed by atoms with Crippen molar-refractivity contribution in [2.45, 2.75) is 63.9 Å². The predicted octanol–water partition coefficient (Wildman–Crippen LogP) is 2.93. The van der Waals surface area contributed by atoms with E-state index in [4.69, 9.17) is 19.6 Å². The van der Waals surface area contributed by atoms with Crippen LogP contribution in [0.25, 0.3) is 0 Å². The van der Waals surface area contributed by atoms with Gasteiger partial charge in [-0.3, -0.25) is 0 Å². The van der Waals surface area contributed by atoms with Gasteiger partial charge in [0, 0.05) is 11.8 Å². The first-order valence-corrected chi connectivity index (χ1v) is 6.58. The first-order chi connectivity index (χ1) is 7.93. The molecule has 1 saturated heterocycles. The van der Waals surface area contributed by atoms with Crippen molar-refractivity contribution >= 4 is 0 Å². The summed E-state index contributed by atoms with van der Waals surface area (Å²) in [5.74, 6) is 0.897. The molecule has 0 aromatic heterocycles. The monoisotopic (exact) mass is 228 g/mol. The maximum atomic E-state index is 5.34. The summed E-state index contributed by atoms with van der Waals surface area (Å²) < 4.78 is 0. The smallest absolute Gasteiger partial charge is 0.198 e. The molecule has 16 heavy (non-hydrogen) atoms. The van der Waals surface area contributed by atoms with Gasteiger partial charge in [0.15, 0.2) is 0 Å². The molecule has 1 aliphatic heterocycles. The molecule has 3 fully saturated rings. The number of rotatable bonds is 2. The lowest BCUT2D eigenvalue weighted by Gasteiger charge is -2.32. The SMILES string of the molecule is C1CCC(C2OOC(C3CCCC3)OO2)C1. The Morgan fingerprint density at radius 3 is 1.12 bits per heavy atom. The van der Waals surface area contributed by atoms with E-state index in [1.165, 1.54) is 25.7 Å². The molecule has 0 spiro atoms. The molecule has 2 aliphatic carbocycles. The lowest BCUT2D eigenvalue weighted by atomic mass is 10.1. The van der Waals surface area contributed by atoms with Crippen molar-refractivity contribution in [3.05, 3.63) is 0 Å². The molecule has 3 aliphatic rings. The van der Waals surface area contributed by atoms with Crippen molar-refractivity contribution in [1.29, 1.82) is 0 Å². The quantitative estimate of drug-likeness (QED) is 0.681. The minimum absolute atomic E-state index is 0.305. The van der Waals surface area contributed by atoms with Crippen molar-refractivity contribution in [2.75, 3.05) is 0 Å². The van der Waals surface area contributed by atoms with Gasteiger partial charge in [0.25, 0.3) is 0 Å². The van der Waals surface area contributed by atoms with Crippen LogP contribution in [0.1, 0.15) is 51.4 Å². The van der Waals surface area contributed by atoms with Gasteiger partial charge in [-0.05, 0) is 25.7 Å². The minimum atomic E-state index is -0.305. The van der Waals surface area contributed by atoms with Crippen LogP contribution in [0.5, 0.6) is 0 Å². The maximum Gasteiger partial charge on any atom is 0.227 e. The predicted molar refractivity (Wildman–Crippen MR) is 55.8 cm³/mol. The molecule has 0 N–H and O–H groups in total. The van der Waals surface area contributed by atoms with Gasteiger partial charge in [-0.2, -0.15) is 19.6 Å². The fourth-order valence-electron chi connectivity index (χ4n) is 3.02. The maximum absolute atomic E-state index is 5.34. The molecule has 0 atom stereocenters. The highest BCUT2D eigenvalue weighted by molar-refractivity contribution is 4.72. The summed E-state index contributed by atoms with van der Waals surface area (Å²) in [5, 5.41) is 0. The zero-order valence-corrected chi connectivity index (χ0v) is 9.60. The molecule has 0 amide bonds. The van der Waals surface area contributed by atoms with E-state index < -0.39 is 0 Å². The Balaban J connectivity index is 1.47. The highest BCUT2D eigenvalue weighted by Gasteiger charge is 2.37. The third-order valence-corrected chi connectivity index (χ3v) is 4.06. The van der Waals surface area contributed by atoms with E-state index >= 15 is 0 Å². The van der Waals surface area contributed by atoms with Crippen molar-refractivity contribution < 1.29 is 19.6 Å². The molecule has 4 nitrogen and oxygen atoms in total. The van der Waals surface area contributed by atoms with Crippen molar-refractivity contribution in [1.82, 2.24) is 0 Å². The third-order valence-electron chi connectivity index (χ3n) is 4.06. The lowest BCUT2D eigenvalue weighted by Crippen LogP contribution is -2.39. The highest BCUT2D eigenvalue weighted by Crippen LogP contribution is 2.36. The third kappa shape index (κ3) is 2.25. The van der Waals surface area contributed by atoms with Crippen LogP contribution in [0, 0.1) is 11.8 Å². The molecular formula is C12H20O4. The van der Waals surface area contributed by atoms with E-state index in [1.54, 1.807) is 0 Å². The van der Waals surface area contributed by atoms with Crippen molar-refractivity contribution in [3.8, 4) is 0 Å². The Kier molecular flexibility index (Phi) is 3.43. The lowest BCUT2D eigenvalue weighted by molar-refractivity contribution is -0.602. The Bertz CT molecular complexity index is 189. The highest BCUT2D eigenvalue weighted by atomic mass is 17.4. The van der Waals surface area contributed by atoms with Crippen LogP contribution < -0.4 is 0 Å². The van der Waals surface area contributed by atoms with Crippen LogP contribution in [0.15, 0.2) is 0 Å². The average Bonchev–Trinajstić information content (AvgIpc) is 3.03. The van der Waals surface area contributed by atoms with E-state index in [2.05, 4.69) is 0 Å². The van der Waals surface area contributed by atoms with Crippen molar-refractivity contribution in [2.24, 2.45) is 11.8 Å². The van der Waals surface area contributed by atoms with Crippen LogP contribution >= 0.6 is 0 Å². The van der Waals surface area contributed by atoms with Crippen LogP contribution in [-0.4, -0.2) is 12.6 Å². The Morgan fingerprint density at radius 1 is 0.500 bits per heavy atom. The van der Waals surface area contributed by atoms with E-state index in [1.807, 2.05) is 0 Å². The largest absolute Gasteiger partial charge is 0.227 e. The van der Waals surface area contributed by atoms with Gasteiger partial charge in [0.1, 0.15) is 0 Å². The van der Waals surface area contributed by atoms with Crippen LogP contribution in [0.4, 0.5) is 0 Å². The van der Waals surface area contributed by atoms with Gasteiger partial charge in [-0.25, -0.2) is 0 Å². The van der Waals surface area contributed by atoms with Gasteiger partial charge < -0.3 is 0 Å². The summed E-state index contributed by atoms with van der Waals surface area (Å²) in [7, 11) is 0. The first kappa shape index (κ1) is 11.0. The zero-order chi connectivity index (χ0) is 10.8. The van der Waals surface area contributed by atoms with E-state index in [9.17, 15) is 0 Å². The fraction of sp³-hybridized carbons (Fsp3) is 1.00.